The summed E-state index contributed by atoms with van der Waals surface area (Å²) in [4.78, 5) is 10.9. The van der Waals surface area contributed by atoms with Crippen LogP contribution in [0, 0.1) is 0 Å². The molecule has 0 amide bonds. The maximum Gasteiger partial charge on any atom is 0.308 e. The smallest absolute Gasteiger partial charge is 0.308 e. The normalized spacial score (nSPS) is 12.2. The van der Waals surface area contributed by atoms with Gasteiger partial charge in [-0.15, -0.1) is 0 Å². The highest BCUT2D eigenvalue weighted by molar-refractivity contribution is 5.69. The summed E-state index contributed by atoms with van der Waals surface area (Å²) >= 11 is 0. The van der Waals surface area contributed by atoms with Crippen LogP contribution in [0.15, 0.2) is 24.3 Å². The third-order valence-corrected chi connectivity index (χ3v) is 2.00. The van der Waals surface area contributed by atoms with Gasteiger partial charge in [-0.05, 0) is 6.07 Å². The van der Waals surface area contributed by atoms with Crippen LogP contribution >= 0.6 is 0 Å². The van der Waals surface area contributed by atoms with E-state index in [1.54, 1.807) is 24.3 Å². The first-order valence-corrected chi connectivity index (χ1v) is 5.26. The molecular formula is C12H16O5. The molecular weight excluding hydrogens is 224 g/mol. The lowest BCUT2D eigenvalue weighted by Crippen LogP contribution is -2.19. The predicted molar refractivity (Wildman–Crippen MR) is 60.5 cm³/mol. The lowest BCUT2D eigenvalue weighted by atomic mass is 10.2. The van der Waals surface area contributed by atoms with Crippen molar-refractivity contribution < 1.29 is 24.5 Å². The molecule has 1 aromatic rings. The maximum absolute atomic E-state index is 10.9. The predicted octanol–water partition coefficient (Wildman–Crippen LogP) is 0.482. The van der Waals surface area contributed by atoms with Crippen LogP contribution in [0.5, 0.6) is 5.75 Å². The number of ether oxygens (including phenoxy) is 2. The molecule has 0 bridgehead atoms. The van der Waals surface area contributed by atoms with Crippen molar-refractivity contribution in [2.24, 2.45) is 0 Å². The second-order valence-corrected chi connectivity index (χ2v) is 3.55. The van der Waals surface area contributed by atoms with Crippen LogP contribution in [-0.2, 0) is 16.1 Å². The number of aliphatic hydroxyl groups excluding tert-OH is 2. The Morgan fingerprint density at radius 2 is 2.12 bits per heavy atom. The molecule has 17 heavy (non-hydrogen) atoms. The molecule has 94 valence electrons. The Morgan fingerprint density at radius 3 is 2.76 bits per heavy atom. The van der Waals surface area contributed by atoms with Gasteiger partial charge < -0.3 is 19.7 Å². The summed E-state index contributed by atoms with van der Waals surface area (Å²) in [6.45, 7) is 1.23. The van der Waals surface area contributed by atoms with E-state index < -0.39 is 12.1 Å². The molecule has 1 aromatic carbocycles. The average molecular weight is 240 g/mol. The van der Waals surface area contributed by atoms with Crippen LogP contribution in [0.4, 0.5) is 0 Å². The van der Waals surface area contributed by atoms with E-state index in [1.807, 2.05) is 0 Å². The van der Waals surface area contributed by atoms with Crippen molar-refractivity contribution >= 4 is 5.97 Å². The number of benzene rings is 1. The molecule has 5 heteroatoms. The number of rotatable bonds is 6. The van der Waals surface area contributed by atoms with Gasteiger partial charge in [0.15, 0.2) is 0 Å². The SMILES string of the molecule is CC(=O)Oc1ccccc1COCC(O)CO. The van der Waals surface area contributed by atoms with E-state index in [4.69, 9.17) is 19.7 Å². The van der Waals surface area contributed by atoms with Crippen LogP contribution in [-0.4, -0.2) is 35.5 Å². The Kier molecular flexibility index (Phi) is 5.62. The van der Waals surface area contributed by atoms with E-state index in [-0.39, 0.29) is 19.8 Å². The zero-order chi connectivity index (χ0) is 12.7. The van der Waals surface area contributed by atoms with E-state index in [0.717, 1.165) is 0 Å². The number of carbonyl (C=O) groups is 1. The van der Waals surface area contributed by atoms with Gasteiger partial charge in [-0.1, -0.05) is 18.2 Å². The molecule has 1 atom stereocenters. The summed E-state index contributed by atoms with van der Waals surface area (Å²) in [5.74, 6) is 0.0475. The first kappa shape index (κ1) is 13.6. The summed E-state index contributed by atoms with van der Waals surface area (Å²) in [5.41, 5.74) is 0.716. The third-order valence-electron chi connectivity index (χ3n) is 2.00. The minimum Gasteiger partial charge on any atom is -0.426 e. The Labute approximate surface area is 99.6 Å². The number of hydrogen-bond acceptors (Lipinski definition) is 5. The van der Waals surface area contributed by atoms with Crippen LogP contribution < -0.4 is 4.74 Å². The van der Waals surface area contributed by atoms with Crippen LogP contribution in [0.1, 0.15) is 12.5 Å². The Morgan fingerprint density at radius 1 is 1.41 bits per heavy atom. The second-order valence-electron chi connectivity index (χ2n) is 3.55. The molecule has 5 nitrogen and oxygen atoms in total. The van der Waals surface area contributed by atoms with E-state index in [9.17, 15) is 4.79 Å². The fourth-order valence-electron chi connectivity index (χ4n) is 1.24. The molecule has 0 spiro atoms. The van der Waals surface area contributed by atoms with Crippen molar-refractivity contribution in [1.82, 2.24) is 0 Å². The Hall–Kier alpha value is -1.43. The maximum atomic E-state index is 10.9. The summed E-state index contributed by atoms with van der Waals surface area (Å²) in [6, 6.07) is 6.99. The number of hydrogen-bond donors (Lipinski definition) is 2. The van der Waals surface area contributed by atoms with Gasteiger partial charge in [0.05, 0.1) is 19.8 Å². The Balaban J connectivity index is 2.54. The van der Waals surface area contributed by atoms with Gasteiger partial charge in [0.1, 0.15) is 11.9 Å². The molecule has 1 unspecified atom stereocenters. The summed E-state index contributed by atoms with van der Waals surface area (Å²) < 4.78 is 10.2. The zero-order valence-corrected chi connectivity index (χ0v) is 9.63. The lowest BCUT2D eigenvalue weighted by molar-refractivity contribution is -0.132. The van der Waals surface area contributed by atoms with Crippen molar-refractivity contribution in [2.45, 2.75) is 19.6 Å². The van der Waals surface area contributed by atoms with Gasteiger partial charge in [0.2, 0.25) is 0 Å². The monoisotopic (exact) mass is 240 g/mol. The molecule has 0 aromatic heterocycles. The summed E-state index contributed by atoms with van der Waals surface area (Å²) in [7, 11) is 0. The number of carbonyl (C=O) groups excluding carboxylic acids is 1. The Bertz CT molecular complexity index is 364. The number of aliphatic hydroxyl groups is 2. The van der Waals surface area contributed by atoms with E-state index in [2.05, 4.69) is 0 Å². The molecule has 0 aliphatic rings. The van der Waals surface area contributed by atoms with Gasteiger partial charge in [-0.25, -0.2) is 0 Å². The van der Waals surface area contributed by atoms with Gasteiger partial charge in [-0.3, -0.25) is 4.79 Å². The molecule has 0 saturated carbocycles. The molecule has 0 heterocycles. The van der Waals surface area contributed by atoms with E-state index in [0.29, 0.717) is 11.3 Å². The molecule has 0 radical (unpaired) electrons. The van der Waals surface area contributed by atoms with Gasteiger partial charge in [0, 0.05) is 12.5 Å². The van der Waals surface area contributed by atoms with Crippen molar-refractivity contribution in [1.29, 1.82) is 0 Å². The van der Waals surface area contributed by atoms with E-state index >= 15 is 0 Å². The fourth-order valence-corrected chi connectivity index (χ4v) is 1.24. The van der Waals surface area contributed by atoms with Gasteiger partial charge in [0.25, 0.3) is 0 Å². The lowest BCUT2D eigenvalue weighted by Gasteiger charge is -2.11. The topological polar surface area (TPSA) is 76.0 Å². The minimum atomic E-state index is -0.893. The highest BCUT2D eigenvalue weighted by Gasteiger charge is 2.07. The zero-order valence-electron chi connectivity index (χ0n) is 9.63. The highest BCUT2D eigenvalue weighted by atomic mass is 16.5. The average Bonchev–Trinajstić information content (AvgIpc) is 2.30. The highest BCUT2D eigenvalue weighted by Crippen LogP contribution is 2.18. The van der Waals surface area contributed by atoms with Crippen LogP contribution in [0.25, 0.3) is 0 Å². The molecule has 0 aliphatic carbocycles. The molecule has 0 aliphatic heterocycles. The second kappa shape index (κ2) is 7.01. The van der Waals surface area contributed by atoms with Crippen molar-refractivity contribution in [2.75, 3.05) is 13.2 Å². The van der Waals surface area contributed by atoms with Gasteiger partial charge in [-0.2, -0.15) is 0 Å². The van der Waals surface area contributed by atoms with Crippen LogP contribution in [0.2, 0.25) is 0 Å². The van der Waals surface area contributed by atoms with Gasteiger partial charge >= 0.3 is 5.97 Å². The van der Waals surface area contributed by atoms with Crippen molar-refractivity contribution in [3.63, 3.8) is 0 Å². The quantitative estimate of drug-likeness (QED) is 0.559. The first-order chi connectivity index (χ1) is 8.13. The molecule has 2 N–H and O–H groups in total. The van der Waals surface area contributed by atoms with E-state index in [1.165, 1.54) is 6.92 Å². The largest absolute Gasteiger partial charge is 0.426 e. The summed E-state index contributed by atoms with van der Waals surface area (Å²) in [6.07, 6.45) is -0.893. The van der Waals surface area contributed by atoms with Crippen LogP contribution in [0.3, 0.4) is 0 Å². The third kappa shape index (κ3) is 4.95. The summed E-state index contributed by atoms with van der Waals surface area (Å²) in [5, 5.41) is 17.7. The molecule has 1 rings (SSSR count). The standard InChI is InChI=1S/C12H16O5/c1-9(14)17-12-5-3-2-4-10(12)7-16-8-11(15)6-13/h2-5,11,13,15H,6-8H2,1H3. The fraction of sp³-hybridized carbons (Fsp3) is 0.417. The van der Waals surface area contributed by atoms with Crippen molar-refractivity contribution in [3.8, 4) is 5.75 Å². The minimum absolute atomic E-state index is 0.0326. The number of esters is 1. The first-order valence-electron chi connectivity index (χ1n) is 5.26. The van der Waals surface area contributed by atoms with Crippen molar-refractivity contribution in [3.05, 3.63) is 29.8 Å². The molecule has 0 fully saturated rings. The molecule has 0 saturated heterocycles. The number of para-hydroxylation sites is 1.